The van der Waals surface area contributed by atoms with E-state index in [1.165, 1.54) is 0 Å². The van der Waals surface area contributed by atoms with Gasteiger partial charge in [-0.3, -0.25) is 4.79 Å². The summed E-state index contributed by atoms with van der Waals surface area (Å²) in [7, 11) is 0. The van der Waals surface area contributed by atoms with Gasteiger partial charge in [0.05, 0.1) is 5.69 Å². The molecule has 8 heteroatoms. The molecule has 4 rings (SSSR count). The molecule has 32 heavy (non-hydrogen) atoms. The average Bonchev–Trinajstić information content (AvgIpc) is 3.21. The van der Waals surface area contributed by atoms with Crippen LogP contribution in [-0.4, -0.2) is 20.7 Å². The van der Waals surface area contributed by atoms with Gasteiger partial charge in [-0.1, -0.05) is 69.4 Å². The van der Waals surface area contributed by atoms with E-state index < -0.39 is 0 Å². The maximum absolute atomic E-state index is 13.1. The van der Waals surface area contributed by atoms with Gasteiger partial charge in [-0.05, 0) is 66.1 Å². The van der Waals surface area contributed by atoms with Crippen molar-refractivity contribution in [1.29, 1.82) is 0 Å². The van der Waals surface area contributed by atoms with Crippen LogP contribution in [0.1, 0.15) is 35.9 Å². The predicted octanol–water partition coefficient (Wildman–Crippen LogP) is 7.49. The lowest BCUT2D eigenvalue weighted by molar-refractivity contribution is 0.101. The lowest BCUT2D eigenvalue weighted by atomic mass is 10.0. The Labute approximate surface area is 208 Å². The Morgan fingerprint density at radius 1 is 1.00 bits per heavy atom. The van der Waals surface area contributed by atoms with Gasteiger partial charge in [0.15, 0.2) is 5.82 Å². The van der Waals surface area contributed by atoms with E-state index in [0.717, 1.165) is 31.4 Å². The van der Waals surface area contributed by atoms with E-state index in [1.807, 2.05) is 54.6 Å². The Morgan fingerprint density at radius 3 is 2.41 bits per heavy atom. The van der Waals surface area contributed by atoms with Crippen LogP contribution in [0.25, 0.3) is 17.1 Å². The van der Waals surface area contributed by atoms with E-state index in [-0.39, 0.29) is 17.6 Å². The Hall–Kier alpha value is -2.48. The van der Waals surface area contributed by atoms with Crippen molar-refractivity contribution in [1.82, 2.24) is 14.8 Å². The van der Waals surface area contributed by atoms with Crippen molar-refractivity contribution in [3.8, 4) is 17.1 Å². The highest BCUT2D eigenvalue weighted by atomic mass is 79.9. The Kier molecular flexibility index (Phi) is 6.79. The van der Waals surface area contributed by atoms with E-state index in [0.29, 0.717) is 10.8 Å². The number of nitrogens with one attached hydrogen (secondary N) is 1. The quantitative estimate of drug-likeness (QED) is 0.269. The molecule has 0 saturated carbocycles. The van der Waals surface area contributed by atoms with Crippen LogP contribution in [0, 0.1) is 0 Å². The molecule has 4 aromatic rings. The minimum atomic E-state index is -0.381. The molecule has 0 saturated heterocycles. The molecule has 0 aliphatic rings. The summed E-state index contributed by atoms with van der Waals surface area (Å²) in [6, 6.07) is 20.7. The van der Waals surface area contributed by atoms with E-state index in [1.54, 1.807) is 16.8 Å². The highest BCUT2D eigenvalue weighted by Gasteiger charge is 2.20. The summed E-state index contributed by atoms with van der Waals surface area (Å²) in [4.78, 5) is 17.7. The second kappa shape index (κ2) is 9.57. The molecule has 162 valence electrons. The first-order valence-electron chi connectivity index (χ1n) is 9.91. The van der Waals surface area contributed by atoms with Crippen molar-refractivity contribution < 1.29 is 4.79 Å². The molecular weight excluding hydrogens is 556 g/mol. The van der Waals surface area contributed by atoms with Crippen molar-refractivity contribution in [3.63, 3.8) is 0 Å². The van der Waals surface area contributed by atoms with Crippen molar-refractivity contribution in [2.24, 2.45) is 0 Å². The zero-order valence-corrected chi connectivity index (χ0v) is 21.2. The Morgan fingerprint density at radius 2 is 1.72 bits per heavy atom. The number of halogens is 3. The van der Waals surface area contributed by atoms with E-state index >= 15 is 0 Å². The molecule has 1 N–H and O–H groups in total. The van der Waals surface area contributed by atoms with E-state index in [2.05, 4.69) is 61.1 Å². The monoisotopic (exact) mass is 572 g/mol. The normalized spacial score (nSPS) is 11.1. The number of carbonyl (C=O) groups is 1. The summed E-state index contributed by atoms with van der Waals surface area (Å²) >= 11 is 13.1. The minimum Gasteiger partial charge on any atom is -0.319 e. The fourth-order valence-electron chi connectivity index (χ4n) is 3.29. The number of nitrogens with zero attached hydrogens (tertiary/aromatic N) is 3. The topological polar surface area (TPSA) is 59.8 Å². The van der Waals surface area contributed by atoms with Crippen LogP contribution >= 0.6 is 43.5 Å². The summed E-state index contributed by atoms with van der Waals surface area (Å²) in [5.74, 6) is 0.451. The van der Waals surface area contributed by atoms with E-state index in [9.17, 15) is 4.79 Å². The van der Waals surface area contributed by atoms with Gasteiger partial charge in [0.25, 0.3) is 5.91 Å². The number of benzene rings is 3. The molecule has 0 aliphatic carbocycles. The van der Waals surface area contributed by atoms with Gasteiger partial charge in [0, 0.05) is 25.2 Å². The number of rotatable bonds is 5. The molecule has 0 bridgehead atoms. The third-order valence-corrected chi connectivity index (χ3v) is 6.11. The predicted molar refractivity (Wildman–Crippen MR) is 136 cm³/mol. The molecule has 1 aromatic heterocycles. The minimum absolute atomic E-state index is 0.0699. The molecule has 0 radical (unpaired) electrons. The first-order valence-corrected chi connectivity index (χ1v) is 11.9. The van der Waals surface area contributed by atoms with Gasteiger partial charge in [-0.15, -0.1) is 5.10 Å². The number of hydrogen-bond acceptors (Lipinski definition) is 3. The van der Waals surface area contributed by atoms with Crippen LogP contribution < -0.4 is 5.32 Å². The van der Waals surface area contributed by atoms with Crippen molar-refractivity contribution >= 4 is 55.1 Å². The van der Waals surface area contributed by atoms with Gasteiger partial charge >= 0.3 is 0 Å². The molecular formula is C24H19Br2ClN4O. The Balaban J connectivity index is 1.76. The van der Waals surface area contributed by atoms with Crippen LogP contribution in [-0.2, 0) is 0 Å². The molecule has 1 heterocycles. The van der Waals surface area contributed by atoms with Crippen molar-refractivity contribution in [2.75, 3.05) is 5.32 Å². The smallest absolute Gasteiger partial charge is 0.295 e. The number of anilines is 1. The maximum Gasteiger partial charge on any atom is 0.295 e. The highest BCUT2D eigenvalue weighted by molar-refractivity contribution is 9.10. The summed E-state index contributed by atoms with van der Waals surface area (Å²) in [5, 5.41) is 8.08. The fourth-order valence-corrected chi connectivity index (χ4v) is 4.12. The summed E-state index contributed by atoms with van der Waals surface area (Å²) in [6.45, 7) is 4.16. The third kappa shape index (κ3) is 4.95. The molecule has 0 unspecified atom stereocenters. The largest absolute Gasteiger partial charge is 0.319 e. The average molecular weight is 575 g/mol. The van der Waals surface area contributed by atoms with E-state index in [4.69, 9.17) is 11.6 Å². The van der Waals surface area contributed by atoms with Gasteiger partial charge in [0.1, 0.15) is 0 Å². The summed E-state index contributed by atoms with van der Waals surface area (Å²) in [6.07, 6.45) is 0. The Bertz CT molecular complexity index is 1290. The second-order valence-corrected chi connectivity index (χ2v) is 9.77. The fraction of sp³-hybridized carbons (Fsp3) is 0.125. The third-order valence-electron chi connectivity index (χ3n) is 4.85. The number of aromatic nitrogens is 3. The number of carbonyl (C=O) groups excluding carboxylic acids is 1. The van der Waals surface area contributed by atoms with Crippen molar-refractivity contribution in [3.05, 3.63) is 92.1 Å². The van der Waals surface area contributed by atoms with Crippen LogP contribution in [0.15, 0.2) is 75.7 Å². The van der Waals surface area contributed by atoms with Gasteiger partial charge in [-0.2, -0.15) is 0 Å². The molecule has 0 aliphatic heterocycles. The van der Waals surface area contributed by atoms with Gasteiger partial charge in [-0.25, -0.2) is 9.67 Å². The van der Waals surface area contributed by atoms with Crippen LogP contribution in [0.4, 0.5) is 5.69 Å². The summed E-state index contributed by atoms with van der Waals surface area (Å²) < 4.78 is 3.55. The maximum atomic E-state index is 13.1. The lowest BCUT2D eigenvalue weighted by Crippen LogP contribution is -2.16. The number of hydrogen-bond donors (Lipinski definition) is 1. The van der Waals surface area contributed by atoms with Crippen LogP contribution in [0.5, 0.6) is 0 Å². The molecule has 0 spiro atoms. The van der Waals surface area contributed by atoms with Crippen LogP contribution in [0.3, 0.4) is 0 Å². The molecule has 0 atom stereocenters. The van der Waals surface area contributed by atoms with Crippen LogP contribution in [0.2, 0.25) is 5.02 Å². The molecule has 0 fully saturated rings. The second-order valence-electron chi connectivity index (χ2n) is 7.50. The molecule has 1 amide bonds. The molecule has 5 nitrogen and oxygen atoms in total. The molecule has 3 aromatic carbocycles. The van der Waals surface area contributed by atoms with Gasteiger partial charge in [0.2, 0.25) is 5.82 Å². The SMILES string of the molecule is CC(C)c1cc(Br)ccc1NC(=O)c1nc(-c2cccc(Cl)c2)n(-c2ccc(Br)cc2)n1. The first-order chi connectivity index (χ1) is 15.3. The standard InChI is InChI=1S/C24H19Br2ClN4O/c1-14(2)20-13-17(26)8-11-21(20)28-24(32)22-29-23(15-4-3-5-18(27)12-15)31(30-22)19-9-6-16(25)7-10-19/h3-14H,1-2H3,(H,28,32). The van der Waals surface area contributed by atoms with Gasteiger partial charge < -0.3 is 5.32 Å². The number of amides is 1. The first kappa shape index (κ1) is 22.7. The highest BCUT2D eigenvalue weighted by Crippen LogP contribution is 2.29. The van der Waals surface area contributed by atoms with Crippen molar-refractivity contribution in [2.45, 2.75) is 19.8 Å². The zero-order valence-electron chi connectivity index (χ0n) is 17.3. The lowest BCUT2D eigenvalue weighted by Gasteiger charge is -2.13. The summed E-state index contributed by atoms with van der Waals surface area (Å²) in [5.41, 5.74) is 3.30. The zero-order chi connectivity index (χ0) is 22.8.